The Morgan fingerprint density at radius 2 is 2.14 bits per heavy atom. The lowest BCUT2D eigenvalue weighted by atomic mass is 9.54. The SMILES string of the molecule is CCOC1CC(N)(C(=O)NC(C)c2ccccc2Br)C1(C)C. The summed E-state index contributed by atoms with van der Waals surface area (Å²) in [5, 5.41) is 3.05. The maximum Gasteiger partial charge on any atom is 0.241 e. The van der Waals surface area contributed by atoms with E-state index in [2.05, 4.69) is 21.2 Å². The summed E-state index contributed by atoms with van der Waals surface area (Å²) in [5.74, 6) is -0.114. The monoisotopic (exact) mass is 368 g/mol. The van der Waals surface area contributed by atoms with Gasteiger partial charge in [0.1, 0.15) is 5.54 Å². The van der Waals surface area contributed by atoms with Gasteiger partial charge in [0.25, 0.3) is 0 Å². The van der Waals surface area contributed by atoms with Crippen LogP contribution in [0.1, 0.15) is 45.7 Å². The molecule has 1 saturated carbocycles. The van der Waals surface area contributed by atoms with Crippen molar-refractivity contribution in [3.63, 3.8) is 0 Å². The highest BCUT2D eigenvalue weighted by molar-refractivity contribution is 9.10. The van der Waals surface area contributed by atoms with E-state index in [0.29, 0.717) is 13.0 Å². The molecule has 0 saturated heterocycles. The Hall–Kier alpha value is -0.910. The van der Waals surface area contributed by atoms with E-state index < -0.39 is 5.54 Å². The Labute approximate surface area is 140 Å². The van der Waals surface area contributed by atoms with E-state index in [9.17, 15) is 4.79 Å². The molecule has 2 rings (SSSR count). The van der Waals surface area contributed by atoms with E-state index in [-0.39, 0.29) is 23.5 Å². The zero-order chi connectivity index (χ0) is 16.5. The van der Waals surface area contributed by atoms with E-state index >= 15 is 0 Å². The molecule has 0 aromatic heterocycles. The van der Waals surface area contributed by atoms with Gasteiger partial charge in [0.15, 0.2) is 0 Å². The minimum Gasteiger partial charge on any atom is -0.378 e. The molecular weight excluding hydrogens is 344 g/mol. The van der Waals surface area contributed by atoms with Crippen molar-refractivity contribution in [2.45, 2.75) is 51.8 Å². The Bertz CT molecular complexity index is 561. The zero-order valence-electron chi connectivity index (χ0n) is 13.7. The number of carbonyl (C=O) groups is 1. The third kappa shape index (κ3) is 2.82. The molecule has 3 unspecified atom stereocenters. The lowest BCUT2D eigenvalue weighted by molar-refractivity contribution is -0.171. The summed E-state index contributed by atoms with van der Waals surface area (Å²) in [6.07, 6.45) is 0.592. The van der Waals surface area contributed by atoms with E-state index in [0.717, 1.165) is 10.0 Å². The summed E-state index contributed by atoms with van der Waals surface area (Å²) in [4.78, 5) is 12.7. The lowest BCUT2D eigenvalue weighted by Gasteiger charge is -2.57. The first-order valence-electron chi connectivity index (χ1n) is 7.70. The van der Waals surface area contributed by atoms with Crippen LogP contribution in [-0.2, 0) is 9.53 Å². The van der Waals surface area contributed by atoms with Gasteiger partial charge in [0.05, 0.1) is 12.1 Å². The van der Waals surface area contributed by atoms with Crippen molar-refractivity contribution >= 4 is 21.8 Å². The molecule has 0 radical (unpaired) electrons. The molecule has 1 amide bonds. The highest BCUT2D eigenvalue weighted by Gasteiger charge is 2.62. The van der Waals surface area contributed by atoms with Crippen molar-refractivity contribution in [2.24, 2.45) is 11.1 Å². The van der Waals surface area contributed by atoms with Gasteiger partial charge in [0.2, 0.25) is 5.91 Å². The second-order valence-electron chi connectivity index (χ2n) is 6.56. The molecule has 3 N–H and O–H groups in total. The molecule has 0 spiro atoms. The molecule has 22 heavy (non-hydrogen) atoms. The third-order valence-corrected chi connectivity index (χ3v) is 5.68. The summed E-state index contributed by atoms with van der Waals surface area (Å²) < 4.78 is 6.66. The van der Waals surface area contributed by atoms with Crippen LogP contribution in [0.3, 0.4) is 0 Å². The second kappa shape index (κ2) is 6.30. The predicted octanol–water partition coefficient (Wildman–Crippen LogP) is 3.16. The summed E-state index contributed by atoms with van der Waals surface area (Å²) >= 11 is 3.52. The summed E-state index contributed by atoms with van der Waals surface area (Å²) in [5.41, 5.74) is 6.18. The second-order valence-corrected chi connectivity index (χ2v) is 7.41. The molecule has 0 aliphatic heterocycles. The molecule has 1 aliphatic carbocycles. The number of hydrogen-bond acceptors (Lipinski definition) is 3. The summed E-state index contributed by atoms with van der Waals surface area (Å²) in [6, 6.07) is 7.76. The number of hydrogen-bond donors (Lipinski definition) is 2. The highest BCUT2D eigenvalue weighted by atomic mass is 79.9. The lowest BCUT2D eigenvalue weighted by Crippen LogP contribution is -2.75. The number of carbonyl (C=O) groups excluding carboxylic acids is 1. The number of halogens is 1. The van der Waals surface area contributed by atoms with Crippen LogP contribution < -0.4 is 11.1 Å². The number of benzene rings is 1. The van der Waals surface area contributed by atoms with Crippen LogP contribution in [0.4, 0.5) is 0 Å². The molecule has 1 aromatic carbocycles. The Morgan fingerprint density at radius 3 is 2.68 bits per heavy atom. The molecule has 122 valence electrons. The third-order valence-electron chi connectivity index (χ3n) is 4.95. The number of rotatable bonds is 5. The predicted molar refractivity (Wildman–Crippen MR) is 91.4 cm³/mol. The van der Waals surface area contributed by atoms with Gasteiger partial charge in [-0.1, -0.05) is 48.0 Å². The van der Waals surface area contributed by atoms with Crippen LogP contribution in [0.15, 0.2) is 28.7 Å². The van der Waals surface area contributed by atoms with Crippen molar-refractivity contribution in [1.29, 1.82) is 0 Å². The van der Waals surface area contributed by atoms with Crippen LogP contribution in [0.25, 0.3) is 0 Å². The van der Waals surface area contributed by atoms with E-state index in [1.165, 1.54) is 0 Å². The highest BCUT2D eigenvalue weighted by Crippen LogP contribution is 2.50. The maximum atomic E-state index is 12.7. The van der Waals surface area contributed by atoms with Crippen molar-refractivity contribution < 1.29 is 9.53 Å². The van der Waals surface area contributed by atoms with Gasteiger partial charge >= 0.3 is 0 Å². The Morgan fingerprint density at radius 1 is 1.50 bits per heavy atom. The fourth-order valence-corrected chi connectivity index (χ4v) is 3.68. The molecule has 0 heterocycles. The minimum atomic E-state index is -0.887. The first-order valence-corrected chi connectivity index (χ1v) is 8.49. The fourth-order valence-electron chi connectivity index (χ4n) is 3.05. The average Bonchev–Trinajstić information content (AvgIpc) is 2.47. The zero-order valence-corrected chi connectivity index (χ0v) is 15.2. The van der Waals surface area contributed by atoms with E-state index in [1.54, 1.807) is 0 Å². The number of nitrogens with two attached hydrogens (primary N) is 1. The summed E-state index contributed by atoms with van der Waals surface area (Å²) in [7, 11) is 0. The molecule has 0 bridgehead atoms. The van der Waals surface area contributed by atoms with Gasteiger partial charge in [-0.25, -0.2) is 0 Å². The molecule has 1 aromatic rings. The topological polar surface area (TPSA) is 64.3 Å². The van der Waals surface area contributed by atoms with Crippen LogP contribution in [0.2, 0.25) is 0 Å². The van der Waals surface area contributed by atoms with Crippen LogP contribution in [0, 0.1) is 5.41 Å². The van der Waals surface area contributed by atoms with Crippen LogP contribution in [-0.4, -0.2) is 24.2 Å². The number of ether oxygens (including phenoxy) is 1. The maximum absolute atomic E-state index is 12.7. The largest absolute Gasteiger partial charge is 0.378 e. The normalized spacial score (nSPS) is 27.8. The fraction of sp³-hybridized carbons (Fsp3) is 0.588. The number of amides is 1. The van der Waals surface area contributed by atoms with Gasteiger partial charge in [-0.15, -0.1) is 0 Å². The van der Waals surface area contributed by atoms with Gasteiger partial charge in [-0.2, -0.15) is 0 Å². The van der Waals surface area contributed by atoms with Crippen molar-refractivity contribution in [1.82, 2.24) is 5.32 Å². The molecule has 1 fully saturated rings. The Kier molecular flexibility index (Phi) is 5.00. The van der Waals surface area contributed by atoms with Gasteiger partial charge in [-0.05, 0) is 25.5 Å². The minimum absolute atomic E-state index is 0.0343. The van der Waals surface area contributed by atoms with Gasteiger partial charge < -0.3 is 15.8 Å². The molecule has 4 nitrogen and oxygen atoms in total. The van der Waals surface area contributed by atoms with Gasteiger partial charge in [-0.3, -0.25) is 4.79 Å². The molecule has 3 atom stereocenters. The standard InChI is InChI=1S/C17H25BrN2O2/c1-5-22-14-10-17(19,16(14,3)4)15(21)20-11(2)12-8-6-7-9-13(12)18/h6-9,11,14H,5,10,19H2,1-4H3,(H,20,21). The smallest absolute Gasteiger partial charge is 0.241 e. The average molecular weight is 369 g/mol. The first-order chi connectivity index (χ1) is 10.2. The van der Waals surface area contributed by atoms with Gasteiger partial charge in [0, 0.05) is 22.9 Å². The van der Waals surface area contributed by atoms with E-state index in [4.69, 9.17) is 10.5 Å². The summed E-state index contributed by atoms with van der Waals surface area (Å²) in [6.45, 7) is 8.56. The van der Waals surface area contributed by atoms with Crippen molar-refractivity contribution in [2.75, 3.05) is 6.61 Å². The Balaban J connectivity index is 2.08. The van der Waals surface area contributed by atoms with E-state index in [1.807, 2.05) is 52.0 Å². The molecule has 5 heteroatoms. The first kappa shape index (κ1) is 17.4. The van der Waals surface area contributed by atoms with Crippen LogP contribution >= 0.6 is 15.9 Å². The van der Waals surface area contributed by atoms with Crippen LogP contribution in [0.5, 0.6) is 0 Å². The quantitative estimate of drug-likeness (QED) is 0.838. The molecular formula is C17H25BrN2O2. The van der Waals surface area contributed by atoms with Crippen molar-refractivity contribution in [3.8, 4) is 0 Å². The molecule has 1 aliphatic rings. The number of nitrogens with one attached hydrogen (secondary N) is 1. The van der Waals surface area contributed by atoms with Crippen molar-refractivity contribution in [3.05, 3.63) is 34.3 Å².